The normalized spacial score (nSPS) is 11.6. The van der Waals surface area contributed by atoms with Gasteiger partial charge < -0.3 is 4.57 Å². The van der Waals surface area contributed by atoms with Gasteiger partial charge in [-0.05, 0) is 31.4 Å². The maximum absolute atomic E-state index is 13.8. The van der Waals surface area contributed by atoms with Crippen molar-refractivity contribution in [2.75, 3.05) is 6.16 Å². The van der Waals surface area contributed by atoms with E-state index in [1.54, 1.807) is 0 Å². The quantitative estimate of drug-likeness (QED) is 0.744. The molecule has 0 bridgehead atoms. The lowest BCUT2D eigenvalue weighted by atomic mass is 10.2. The van der Waals surface area contributed by atoms with Gasteiger partial charge in [0.05, 0.1) is 0 Å². The van der Waals surface area contributed by atoms with Crippen molar-refractivity contribution in [3.05, 3.63) is 59.7 Å². The van der Waals surface area contributed by atoms with Gasteiger partial charge in [0.2, 0.25) is 0 Å². The molecular weight excluding hydrogens is 263 g/mol. The number of hydrogen-bond acceptors (Lipinski definition) is 1. The van der Waals surface area contributed by atoms with Crippen LogP contribution in [0.15, 0.2) is 48.5 Å². The first-order valence-corrected chi connectivity index (χ1v) is 9.20. The van der Waals surface area contributed by atoms with E-state index < -0.39 is 7.14 Å². The van der Waals surface area contributed by atoms with E-state index in [0.717, 1.165) is 40.7 Å². The molecule has 20 heavy (non-hydrogen) atoms. The third-order valence-electron chi connectivity index (χ3n) is 3.84. The zero-order chi connectivity index (χ0) is 14.6. The Labute approximate surface area is 122 Å². The van der Waals surface area contributed by atoms with E-state index in [9.17, 15) is 4.57 Å². The summed E-state index contributed by atoms with van der Waals surface area (Å²) >= 11 is 0. The summed E-state index contributed by atoms with van der Waals surface area (Å²) in [5, 5.41) is 2.06. The topological polar surface area (TPSA) is 17.1 Å². The van der Waals surface area contributed by atoms with Crippen molar-refractivity contribution in [1.29, 1.82) is 0 Å². The zero-order valence-corrected chi connectivity index (χ0v) is 13.5. The van der Waals surface area contributed by atoms with Gasteiger partial charge in [-0.3, -0.25) is 0 Å². The molecule has 0 heterocycles. The van der Waals surface area contributed by atoms with E-state index in [0.29, 0.717) is 0 Å². The highest BCUT2D eigenvalue weighted by molar-refractivity contribution is 7.78. The minimum absolute atomic E-state index is 0.763. The molecule has 0 aliphatic carbocycles. The van der Waals surface area contributed by atoms with Crippen molar-refractivity contribution in [1.82, 2.24) is 0 Å². The van der Waals surface area contributed by atoms with Gasteiger partial charge in [-0.15, -0.1) is 0 Å². The molecule has 0 spiro atoms. The number of aryl methyl sites for hydroxylation is 2. The van der Waals surface area contributed by atoms with Gasteiger partial charge in [0.1, 0.15) is 7.14 Å². The molecule has 0 aromatic heterocycles. The maximum atomic E-state index is 13.8. The molecule has 0 saturated heterocycles. The fourth-order valence-corrected chi connectivity index (χ4v) is 6.13. The molecule has 106 valence electrons. The summed E-state index contributed by atoms with van der Waals surface area (Å²) in [4.78, 5) is 0. The van der Waals surface area contributed by atoms with Crippen LogP contribution in [0.25, 0.3) is 0 Å². The second-order valence-corrected chi connectivity index (χ2v) is 8.28. The zero-order valence-electron chi connectivity index (χ0n) is 12.6. The SMILES string of the molecule is CCCCP(=O)(c1ccccc1C)c1ccccc1C. The molecule has 2 rings (SSSR count). The minimum atomic E-state index is -2.52. The number of benzene rings is 2. The van der Waals surface area contributed by atoms with E-state index in [2.05, 4.69) is 32.9 Å². The highest BCUT2D eigenvalue weighted by Crippen LogP contribution is 2.45. The molecule has 2 heteroatoms. The second kappa shape index (κ2) is 6.41. The van der Waals surface area contributed by atoms with E-state index in [1.807, 2.05) is 36.4 Å². The number of hydrogen-bond donors (Lipinski definition) is 0. The second-order valence-electron chi connectivity index (χ2n) is 5.39. The van der Waals surface area contributed by atoms with Crippen LogP contribution in [0.4, 0.5) is 0 Å². The first kappa shape index (κ1) is 15.1. The maximum Gasteiger partial charge on any atom is 0.143 e. The molecule has 0 amide bonds. The number of unbranched alkanes of at least 4 members (excludes halogenated alkanes) is 1. The smallest absolute Gasteiger partial charge is 0.143 e. The minimum Gasteiger partial charge on any atom is -0.314 e. The molecule has 0 aliphatic rings. The van der Waals surface area contributed by atoms with Crippen LogP contribution in [-0.4, -0.2) is 6.16 Å². The van der Waals surface area contributed by atoms with Crippen LogP contribution in [0.2, 0.25) is 0 Å². The molecule has 0 radical (unpaired) electrons. The standard InChI is InChI=1S/C18H23OP/c1-4-5-14-20(19,17-12-8-6-10-15(17)2)18-13-9-7-11-16(18)3/h6-13H,4-5,14H2,1-3H3. The Morgan fingerprint density at radius 2 is 1.30 bits per heavy atom. The Hall–Kier alpha value is -1.33. The van der Waals surface area contributed by atoms with Crippen LogP contribution in [0.1, 0.15) is 30.9 Å². The fraction of sp³-hybridized carbons (Fsp3) is 0.333. The van der Waals surface area contributed by atoms with Gasteiger partial charge in [-0.1, -0.05) is 61.9 Å². The average Bonchev–Trinajstić information content (AvgIpc) is 2.46. The lowest BCUT2D eigenvalue weighted by Gasteiger charge is -2.22. The van der Waals surface area contributed by atoms with E-state index in [1.165, 1.54) is 0 Å². The largest absolute Gasteiger partial charge is 0.314 e. The Balaban J connectivity index is 2.60. The van der Waals surface area contributed by atoms with Crippen molar-refractivity contribution < 1.29 is 4.57 Å². The summed E-state index contributed by atoms with van der Waals surface area (Å²) in [5.74, 6) is 0. The molecule has 0 atom stereocenters. The first-order valence-electron chi connectivity index (χ1n) is 7.31. The molecule has 0 aliphatic heterocycles. The Morgan fingerprint density at radius 1 is 0.850 bits per heavy atom. The predicted molar refractivity (Wildman–Crippen MR) is 89.0 cm³/mol. The van der Waals surface area contributed by atoms with Crippen LogP contribution in [0, 0.1) is 13.8 Å². The summed E-state index contributed by atoms with van der Waals surface area (Å²) in [6, 6.07) is 16.2. The van der Waals surface area contributed by atoms with Crippen molar-refractivity contribution in [2.24, 2.45) is 0 Å². The van der Waals surface area contributed by atoms with Gasteiger partial charge in [-0.25, -0.2) is 0 Å². The van der Waals surface area contributed by atoms with Gasteiger partial charge in [0.25, 0.3) is 0 Å². The highest BCUT2D eigenvalue weighted by atomic mass is 31.2. The van der Waals surface area contributed by atoms with Crippen molar-refractivity contribution in [2.45, 2.75) is 33.6 Å². The van der Waals surface area contributed by atoms with Crippen LogP contribution in [0.5, 0.6) is 0 Å². The molecule has 1 nitrogen and oxygen atoms in total. The first-order chi connectivity index (χ1) is 9.59. The van der Waals surface area contributed by atoms with E-state index in [4.69, 9.17) is 0 Å². The van der Waals surface area contributed by atoms with Crippen LogP contribution < -0.4 is 10.6 Å². The molecular formula is C18H23OP. The molecule has 2 aromatic carbocycles. The summed E-state index contributed by atoms with van der Waals surface area (Å²) in [6.07, 6.45) is 2.83. The summed E-state index contributed by atoms with van der Waals surface area (Å²) < 4.78 is 13.8. The van der Waals surface area contributed by atoms with Crippen molar-refractivity contribution in [3.8, 4) is 0 Å². The fourth-order valence-electron chi connectivity index (χ4n) is 2.69. The highest BCUT2D eigenvalue weighted by Gasteiger charge is 2.29. The van der Waals surface area contributed by atoms with Gasteiger partial charge >= 0.3 is 0 Å². The van der Waals surface area contributed by atoms with Crippen molar-refractivity contribution in [3.63, 3.8) is 0 Å². The Morgan fingerprint density at radius 3 is 1.70 bits per heavy atom. The summed E-state index contributed by atoms with van der Waals surface area (Å²) in [7, 11) is -2.52. The summed E-state index contributed by atoms with van der Waals surface area (Å²) in [5.41, 5.74) is 2.27. The predicted octanol–water partition coefficient (Wildman–Crippen LogP) is 4.42. The van der Waals surface area contributed by atoms with Crippen LogP contribution in [0.3, 0.4) is 0 Å². The van der Waals surface area contributed by atoms with E-state index >= 15 is 0 Å². The Kier molecular flexibility index (Phi) is 4.83. The third-order valence-corrected chi connectivity index (χ3v) is 7.34. The van der Waals surface area contributed by atoms with Gasteiger partial charge in [0, 0.05) is 16.8 Å². The lowest BCUT2D eigenvalue weighted by molar-refractivity contribution is 0.585. The molecule has 2 aromatic rings. The molecule has 0 fully saturated rings. The molecule has 0 saturated carbocycles. The van der Waals surface area contributed by atoms with Gasteiger partial charge in [-0.2, -0.15) is 0 Å². The molecule has 0 N–H and O–H groups in total. The third kappa shape index (κ3) is 2.88. The Bertz CT molecular complexity index is 581. The lowest BCUT2D eigenvalue weighted by Crippen LogP contribution is -2.22. The number of rotatable bonds is 5. The molecule has 0 unspecified atom stereocenters. The van der Waals surface area contributed by atoms with Gasteiger partial charge in [0.15, 0.2) is 0 Å². The van der Waals surface area contributed by atoms with Crippen LogP contribution in [-0.2, 0) is 4.57 Å². The van der Waals surface area contributed by atoms with E-state index in [-0.39, 0.29) is 0 Å². The van der Waals surface area contributed by atoms with Crippen molar-refractivity contribution >= 4 is 17.8 Å². The average molecular weight is 286 g/mol. The monoisotopic (exact) mass is 286 g/mol. The summed E-state index contributed by atoms with van der Waals surface area (Å²) in [6.45, 7) is 6.28. The van der Waals surface area contributed by atoms with Crippen LogP contribution >= 0.6 is 7.14 Å².